The number of nitrogens with zero attached hydrogens (tertiary/aromatic N) is 2. The Bertz CT molecular complexity index is 588. The Hall–Kier alpha value is -2.15. The van der Waals surface area contributed by atoms with E-state index in [1.807, 2.05) is 0 Å². The van der Waals surface area contributed by atoms with E-state index in [1.54, 1.807) is 0 Å². The van der Waals surface area contributed by atoms with Crippen molar-refractivity contribution in [2.24, 2.45) is 5.92 Å². The van der Waals surface area contributed by atoms with Crippen molar-refractivity contribution in [2.45, 2.75) is 26.2 Å². The number of hydrogen-bond acceptors (Lipinski definition) is 6. The fraction of sp³-hybridized carbons (Fsp3) is 0.533. The highest BCUT2D eigenvalue weighted by Crippen LogP contribution is 2.36. The van der Waals surface area contributed by atoms with Gasteiger partial charge in [0, 0.05) is 31.1 Å². The molecule has 1 aliphatic rings. The third-order valence-corrected chi connectivity index (χ3v) is 3.98. The number of aromatic hydroxyl groups is 2. The van der Waals surface area contributed by atoms with Crippen LogP contribution >= 0.6 is 0 Å². The number of rotatable bonds is 5. The summed E-state index contributed by atoms with van der Waals surface area (Å²) in [4.78, 5) is 24.4. The SMILES string of the molecule is CC1CCCN(CCC(=O)c2cc(O)c(O)c([N+](=O)[O-])c2)C1. The molecule has 7 heteroatoms. The summed E-state index contributed by atoms with van der Waals surface area (Å²) >= 11 is 0. The molecule has 0 radical (unpaired) electrons. The van der Waals surface area contributed by atoms with Gasteiger partial charge in [0.25, 0.3) is 0 Å². The van der Waals surface area contributed by atoms with E-state index in [4.69, 9.17) is 0 Å². The predicted octanol–water partition coefficient (Wildman–Crippen LogP) is 2.31. The van der Waals surface area contributed by atoms with Crippen LogP contribution in [0.4, 0.5) is 5.69 Å². The monoisotopic (exact) mass is 308 g/mol. The van der Waals surface area contributed by atoms with Crippen LogP contribution in [0.5, 0.6) is 11.5 Å². The zero-order chi connectivity index (χ0) is 16.3. The van der Waals surface area contributed by atoms with E-state index < -0.39 is 22.1 Å². The van der Waals surface area contributed by atoms with Crippen molar-refractivity contribution >= 4 is 11.5 Å². The van der Waals surface area contributed by atoms with Gasteiger partial charge in [-0.3, -0.25) is 14.9 Å². The highest BCUT2D eigenvalue weighted by molar-refractivity contribution is 5.97. The first-order valence-corrected chi connectivity index (χ1v) is 7.34. The number of nitro groups is 1. The number of Topliss-reactive ketones (excluding diaryl/α,β-unsaturated/α-hetero) is 1. The molecule has 0 amide bonds. The van der Waals surface area contributed by atoms with Crippen molar-refractivity contribution < 1.29 is 19.9 Å². The smallest absolute Gasteiger partial charge is 0.315 e. The van der Waals surface area contributed by atoms with E-state index in [1.165, 1.54) is 6.42 Å². The summed E-state index contributed by atoms with van der Waals surface area (Å²) in [6, 6.07) is 2.08. The third kappa shape index (κ3) is 3.73. The average molecular weight is 308 g/mol. The molecule has 0 aromatic heterocycles. The van der Waals surface area contributed by atoms with Crippen molar-refractivity contribution in [3.8, 4) is 11.5 Å². The second kappa shape index (κ2) is 6.74. The van der Waals surface area contributed by atoms with Crippen molar-refractivity contribution in [3.05, 3.63) is 27.8 Å². The van der Waals surface area contributed by atoms with Crippen LogP contribution in [0.15, 0.2) is 12.1 Å². The lowest BCUT2D eigenvalue weighted by molar-refractivity contribution is -0.386. The summed E-state index contributed by atoms with van der Waals surface area (Å²) in [7, 11) is 0. The molecule has 1 aromatic rings. The topological polar surface area (TPSA) is 104 Å². The molecule has 2 rings (SSSR count). The lowest BCUT2D eigenvalue weighted by Crippen LogP contribution is -2.35. The number of piperidine rings is 1. The predicted molar refractivity (Wildman–Crippen MR) is 80.2 cm³/mol. The molecule has 7 nitrogen and oxygen atoms in total. The molecule has 0 saturated carbocycles. The fourth-order valence-corrected chi connectivity index (χ4v) is 2.80. The lowest BCUT2D eigenvalue weighted by atomic mass is 9.99. The quantitative estimate of drug-likeness (QED) is 0.374. The molecular weight excluding hydrogens is 288 g/mol. The number of phenols is 2. The molecule has 1 aliphatic heterocycles. The highest BCUT2D eigenvalue weighted by atomic mass is 16.6. The molecule has 1 saturated heterocycles. The number of hydrogen-bond donors (Lipinski definition) is 2. The second-order valence-corrected chi connectivity index (χ2v) is 5.84. The first kappa shape index (κ1) is 16.2. The van der Waals surface area contributed by atoms with Crippen molar-refractivity contribution in [2.75, 3.05) is 19.6 Å². The van der Waals surface area contributed by atoms with Gasteiger partial charge in [-0.25, -0.2) is 0 Å². The third-order valence-electron chi connectivity index (χ3n) is 3.98. The van der Waals surface area contributed by atoms with Gasteiger partial charge in [0.15, 0.2) is 11.5 Å². The van der Waals surface area contributed by atoms with Crippen LogP contribution in [0.1, 0.15) is 36.5 Å². The maximum absolute atomic E-state index is 12.2. The molecule has 0 bridgehead atoms. The summed E-state index contributed by atoms with van der Waals surface area (Å²) in [6.07, 6.45) is 2.54. The van der Waals surface area contributed by atoms with Gasteiger partial charge in [-0.15, -0.1) is 0 Å². The summed E-state index contributed by atoms with van der Waals surface area (Å²) in [5.74, 6) is -1.13. The number of likely N-dealkylation sites (tertiary alicyclic amines) is 1. The molecule has 1 heterocycles. The minimum Gasteiger partial charge on any atom is -0.504 e. The van der Waals surface area contributed by atoms with E-state index in [-0.39, 0.29) is 17.8 Å². The minimum absolute atomic E-state index is 0.0482. The number of benzene rings is 1. The Kier molecular flexibility index (Phi) is 4.97. The van der Waals surface area contributed by atoms with Crippen LogP contribution in [-0.2, 0) is 0 Å². The molecule has 0 spiro atoms. The number of nitro benzene ring substituents is 1. The lowest BCUT2D eigenvalue weighted by Gasteiger charge is -2.30. The van der Waals surface area contributed by atoms with Crippen molar-refractivity contribution in [1.29, 1.82) is 0 Å². The molecule has 2 N–H and O–H groups in total. The van der Waals surface area contributed by atoms with Crippen LogP contribution in [0.25, 0.3) is 0 Å². The Morgan fingerprint density at radius 2 is 2.18 bits per heavy atom. The molecular formula is C15H20N2O5. The molecule has 120 valence electrons. The highest BCUT2D eigenvalue weighted by Gasteiger charge is 2.22. The minimum atomic E-state index is -0.821. The number of ketones is 1. The average Bonchev–Trinajstić information content (AvgIpc) is 2.47. The molecule has 0 aliphatic carbocycles. The summed E-state index contributed by atoms with van der Waals surface area (Å²) in [6.45, 7) is 4.68. The summed E-state index contributed by atoms with van der Waals surface area (Å²) in [5.41, 5.74) is -0.609. The summed E-state index contributed by atoms with van der Waals surface area (Å²) < 4.78 is 0. The number of carbonyl (C=O) groups is 1. The van der Waals surface area contributed by atoms with Gasteiger partial charge >= 0.3 is 5.69 Å². The van der Waals surface area contributed by atoms with E-state index >= 15 is 0 Å². The number of carbonyl (C=O) groups excluding carboxylic acids is 1. The van der Waals surface area contributed by atoms with Gasteiger partial charge in [-0.2, -0.15) is 0 Å². The van der Waals surface area contributed by atoms with Crippen LogP contribution in [0.3, 0.4) is 0 Å². The molecule has 1 fully saturated rings. The second-order valence-electron chi connectivity index (χ2n) is 5.84. The van der Waals surface area contributed by atoms with E-state index in [0.717, 1.165) is 31.6 Å². The Balaban J connectivity index is 2.05. The molecule has 1 unspecified atom stereocenters. The normalized spacial score (nSPS) is 19.0. The van der Waals surface area contributed by atoms with Gasteiger partial charge in [0.1, 0.15) is 0 Å². The van der Waals surface area contributed by atoms with Gasteiger partial charge in [-0.05, 0) is 31.4 Å². The van der Waals surface area contributed by atoms with Gasteiger partial charge in [0.05, 0.1) is 4.92 Å². The molecule has 1 aromatic carbocycles. The van der Waals surface area contributed by atoms with Crippen molar-refractivity contribution in [1.82, 2.24) is 4.90 Å². The summed E-state index contributed by atoms with van der Waals surface area (Å²) in [5, 5.41) is 29.7. The zero-order valence-electron chi connectivity index (χ0n) is 12.5. The Labute approximate surface area is 128 Å². The maximum atomic E-state index is 12.2. The van der Waals surface area contributed by atoms with Crippen LogP contribution < -0.4 is 0 Å². The molecule has 22 heavy (non-hydrogen) atoms. The number of phenolic OH excluding ortho intramolecular Hbond substituents is 2. The molecule has 1 atom stereocenters. The first-order chi connectivity index (χ1) is 10.4. The van der Waals surface area contributed by atoms with E-state index in [0.29, 0.717) is 12.5 Å². The maximum Gasteiger partial charge on any atom is 0.315 e. The van der Waals surface area contributed by atoms with Crippen LogP contribution in [0, 0.1) is 16.0 Å². The van der Waals surface area contributed by atoms with Gasteiger partial charge < -0.3 is 15.1 Å². The Morgan fingerprint density at radius 1 is 1.45 bits per heavy atom. The fourth-order valence-electron chi connectivity index (χ4n) is 2.80. The standard InChI is InChI=1S/C15H20N2O5/c1-10-3-2-5-16(9-10)6-4-13(18)11-7-12(17(21)22)15(20)14(19)8-11/h7-8,10,19-20H,2-6,9H2,1H3. The van der Waals surface area contributed by atoms with E-state index in [9.17, 15) is 25.1 Å². The van der Waals surface area contributed by atoms with Gasteiger partial charge in [-0.1, -0.05) is 6.92 Å². The van der Waals surface area contributed by atoms with E-state index in [2.05, 4.69) is 11.8 Å². The van der Waals surface area contributed by atoms with Crippen LogP contribution in [0.2, 0.25) is 0 Å². The van der Waals surface area contributed by atoms with Gasteiger partial charge in [0.2, 0.25) is 5.75 Å². The van der Waals surface area contributed by atoms with Crippen LogP contribution in [-0.4, -0.2) is 45.5 Å². The first-order valence-electron chi connectivity index (χ1n) is 7.34. The Morgan fingerprint density at radius 3 is 2.82 bits per heavy atom. The van der Waals surface area contributed by atoms with Crippen molar-refractivity contribution in [3.63, 3.8) is 0 Å². The largest absolute Gasteiger partial charge is 0.504 e. The zero-order valence-corrected chi connectivity index (χ0v) is 12.5.